The van der Waals surface area contributed by atoms with Gasteiger partial charge in [0.25, 0.3) is 0 Å². The van der Waals surface area contributed by atoms with Crippen LogP contribution >= 0.6 is 39.5 Å². The van der Waals surface area contributed by atoms with Gasteiger partial charge in [-0.15, -0.1) is 0 Å². The Morgan fingerprint density at radius 1 is 1.00 bits per heavy atom. The van der Waals surface area contributed by atoms with Crippen molar-refractivity contribution < 1.29 is 45.2 Å². The number of aliphatic hydroxyl groups excluding tert-OH is 2. The summed E-state index contributed by atoms with van der Waals surface area (Å²) in [5.74, 6) is -0.313. The van der Waals surface area contributed by atoms with E-state index in [1.807, 2.05) is 44.9 Å². The van der Waals surface area contributed by atoms with Crippen LogP contribution in [-0.2, 0) is 36.4 Å². The van der Waals surface area contributed by atoms with Crippen molar-refractivity contribution >= 4 is 51.6 Å². The molecule has 0 saturated carbocycles. The van der Waals surface area contributed by atoms with E-state index < -0.39 is 34.5 Å². The van der Waals surface area contributed by atoms with Gasteiger partial charge >= 0.3 is 68.0 Å². The van der Waals surface area contributed by atoms with E-state index in [4.69, 9.17) is 15.0 Å². The summed E-state index contributed by atoms with van der Waals surface area (Å²) >= 11 is 4.69. The van der Waals surface area contributed by atoms with Crippen molar-refractivity contribution in [3.63, 3.8) is 0 Å². The average Bonchev–Trinajstić information content (AvgIpc) is 3.68. The van der Waals surface area contributed by atoms with E-state index in [9.17, 15) is 30.4 Å². The summed E-state index contributed by atoms with van der Waals surface area (Å²) in [5.41, 5.74) is 0. The third-order valence-corrected chi connectivity index (χ3v) is 5.64. The standard InChI is InChI=1S/C19H28N10O6.CH2O3.2HI.Rh/c30-16(11-26-3-1-20-18(26)28(32)33)9-22-5-7-24(13-22)15-25-8-6-23(14-25)10-17(31)12-27-4-2-21-19(27)29(34)35;2-1(3)4;;;/h1,3,5-8,13-14,16-17,19,21,30-31H,2,4,9-12,15H2;(H2,2,3,4);2*1H;/q+2;;;;+2/p-2. The maximum atomic E-state index is 11.1. The van der Waals surface area contributed by atoms with Crippen molar-refractivity contribution in [1.82, 2.24) is 38.0 Å². The van der Waals surface area contributed by atoms with E-state index in [0.717, 1.165) is 10.1 Å². The first-order valence-electron chi connectivity index (χ1n) is 11.9. The predicted octanol–water partition coefficient (Wildman–Crippen LogP) is 0.944. The molecule has 0 amide bonds. The van der Waals surface area contributed by atoms with Gasteiger partial charge in [-0.1, -0.05) is 4.98 Å². The van der Waals surface area contributed by atoms with Crippen LogP contribution in [0.5, 0.6) is 0 Å². The third-order valence-electron chi connectivity index (χ3n) is 5.64. The molecular formula is C20H30I2N10O9Rh+2. The SMILES string of the molecule is O=C(O)O.O=[N+]([O-])c1nccn1CC(O)Cn1ccn(Cn2ccn(CC(O)CN3CCNC3[N+](=O)[O-])[cH+]2)[cH+]1.[I][Rh][I]. The van der Waals surface area contributed by atoms with Crippen LogP contribution in [0, 0.1) is 20.2 Å². The van der Waals surface area contributed by atoms with Crippen LogP contribution in [0.2, 0.25) is 0 Å². The van der Waals surface area contributed by atoms with Gasteiger partial charge in [0.2, 0.25) is 0 Å². The number of halogens is 2. The number of β-amino-alcohol motifs (C(OH)–C–C–N with tert-alkyl or cyclic N) is 1. The molecule has 0 aliphatic carbocycles. The molecule has 22 heteroatoms. The minimum atomic E-state index is -1.83. The molecular weight excluding hydrogens is 881 g/mol. The number of rotatable bonds is 12. The van der Waals surface area contributed by atoms with Crippen LogP contribution in [-0.4, -0.2) is 107 Å². The fourth-order valence-corrected chi connectivity index (χ4v) is 4.15. The summed E-state index contributed by atoms with van der Waals surface area (Å²) in [5, 5.41) is 59.5. The predicted molar refractivity (Wildman–Crippen MR) is 159 cm³/mol. The Morgan fingerprint density at radius 3 is 2.00 bits per heavy atom. The number of nitrogens with one attached hydrogen (secondary N) is 1. The zero-order valence-electron chi connectivity index (χ0n) is 21.7. The minimum absolute atomic E-state index is 0.0460. The van der Waals surface area contributed by atoms with Gasteiger partial charge in [-0.25, -0.2) is 37.8 Å². The first-order valence-corrected chi connectivity index (χ1v) is 21.7. The van der Waals surface area contributed by atoms with Gasteiger partial charge in [0.1, 0.15) is 18.5 Å². The molecule has 3 unspecified atom stereocenters. The molecule has 0 aromatic carbocycles. The van der Waals surface area contributed by atoms with E-state index in [1.54, 1.807) is 15.7 Å². The van der Waals surface area contributed by atoms with Crippen molar-refractivity contribution in [2.24, 2.45) is 0 Å². The Kier molecular flexibility index (Phi) is 15.6. The van der Waals surface area contributed by atoms with Crippen LogP contribution in [0.25, 0.3) is 0 Å². The van der Waals surface area contributed by atoms with Crippen molar-refractivity contribution in [3.8, 4) is 0 Å². The zero-order valence-corrected chi connectivity index (χ0v) is 27.7. The fourth-order valence-electron chi connectivity index (χ4n) is 4.15. The average molecular weight is 911 g/mol. The van der Waals surface area contributed by atoms with Crippen molar-refractivity contribution in [3.05, 3.63) is 70.1 Å². The van der Waals surface area contributed by atoms with Gasteiger partial charge in [-0.3, -0.25) is 10.1 Å². The number of hydrogen-bond acceptors (Lipinski definition) is 10. The number of aliphatic hydroxyl groups is 2. The van der Waals surface area contributed by atoms with Crippen LogP contribution in [0.1, 0.15) is 0 Å². The topological polar surface area (TPSA) is 237 Å². The molecule has 0 radical (unpaired) electrons. The van der Waals surface area contributed by atoms with Crippen LogP contribution < -0.4 is 5.32 Å². The molecule has 235 valence electrons. The zero-order chi connectivity index (χ0) is 31.2. The summed E-state index contributed by atoms with van der Waals surface area (Å²) in [7, 11) is 0.770. The number of carboxylic acid groups (broad SMARTS) is 2. The second-order valence-electron chi connectivity index (χ2n) is 8.77. The fraction of sp³-hybridized carbons (Fsp3) is 0.500. The molecule has 1 saturated heterocycles. The molecule has 5 N–H and O–H groups in total. The Labute approximate surface area is 267 Å². The Bertz CT molecular complexity index is 1290. The summed E-state index contributed by atoms with van der Waals surface area (Å²) in [6.45, 7) is 2.29. The molecule has 1 aliphatic heterocycles. The maximum absolute atomic E-state index is 11.1. The first-order chi connectivity index (χ1) is 19.9. The van der Waals surface area contributed by atoms with Gasteiger partial charge in [-0.05, 0) is 4.92 Å². The Hall–Kier alpha value is -2.38. The third kappa shape index (κ3) is 12.5. The molecule has 4 rings (SSSR count). The van der Waals surface area contributed by atoms with E-state index >= 15 is 0 Å². The molecule has 3 aromatic heterocycles. The second kappa shape index (κ2) is 18.3. The summed E-state index contributed by atoms with van der Waals surface area (Å²) < 4.78 is 8.69. The number of aromatic nitrogens is 6. The monoisotopic (exact) mass is 911 g/mol. The number of nitro groups is 2. The van der Waals surface area contributed by atoms with Crippen molar-refractivity contribution in [2.45, 2.75) is 44.8 Å². The van der Waals surface area contributed by atoms with Crippen molar-refractivity contribution in [2.75, 3.05) is 19.6 Å². The molecule has 1 aliphatic rings. The molecule has 3 aromatic rings. The van der Waals surface area contributed by atoms with Crippen LogP contribution in [0.15, 0.2) is 49.8 Å². The molecule has 3 atom stereocenters. The Morgan fingerprint density at radius 2 is 1.50 bits per heavy atom. The molecule has 1 fully saturated rings. The summed E-state index contributed by atoms with van der Waals surface area (Å²) in [6.07, 6.45) is 9.30. The molecule has 0 spiro atoms. The van der Waals surface area contributed by atoms with E-state index in [2.05, 4.69) is 49.8 Å². The molecule has 42 heavy (non-hydrogen) atoms. The van der Waals surface area contributed by atoms with E-state index in [0.29, 0.717) is 26.3 Å². The number of hydrogen-bond donors (Lipinski definition) is 5. The number of imidazole rings is 3. The van der Waals surface area contributed by atoms with E-state index in [-0.39, 0.29) is 25.6 Å². The summed E-state index contributed by atoms with van der Waals surface area (Å²) in [4.78, 5) is 34.9. The Balaban J connectivity index is 0.000000797. The molecule has 0 bridgehead atoms. The number of nitrogens with zero attached hydrogens (tertiary/aromatic N) is 9. The molecule has 4 heterocycles. The van der Waals surface area contributed by atoms with Gasteiger partial charge in [0.15, 0.2) is 44.1 Å². The number of carbonyl (C=O) groups is 1. The van der Waals surface area contributed by atoms with Crippen LogP contribution in [0.3, 0.4) is 0 Å². The normalized spacial score (nSPS) is 16.1. The quantitative estimate of drug-likeness (QED) is 0.0562. The van der Waals surface area contributed by atoms with Gasteiger partial charge in [0.05, 0.1) is 30.7 Å². The summed E-state index contributed by atoms with van der Waals surface area (Å²) in [6, 6.07) is 0. The van der Waals surface area contributed by atoms with Gasteiger partial charge < -0.3 is 30.5 Å². The molecule has 19 nitrogen and oxygen atoms in total. The van der Waals surface area contributed by atoms with Crippen molar-refractivity contribution in [1.29, 1.82) is 0 Å². The van der Waals surface area contributed by atoms with E-state index in [1.165, 1.54) is 17.0 Å². The van der Waals surface area contributed by atoms with Gasteiger partial charge in [-0.2, -0.15) is 0 Å². The van der Waals surface area contributed by atoms with Gasteiger partial charge in [0, 0.05) is 19.6 Å². The second-order valence-corrected chi connectivity index (χ2v) is 21.4. The first kappa shape index (κ1) is 35.8. The van der Waals surface area contributed by atoms with Crippen LogP contribution in [0.4, 0.5) is 10.7 Å².